The highest BCUT2D eigenvalue weighted by atomic mass is 16.6. The molecule has 0 bridgehead atoms. The van der Waals surface area contributed by atoms with E-state index < -0.39 is 6.09 Å². The van der Waals surface area contributed by atoms with E-state index in [9.17, 15) is 4.79 Å². The molecule has 0 fully saturated rings. The monoisotopic (exact) mass is 256 g/mol. The lowest BCUT2D eigenvalue weighted by Crippen LogP contribution is -2.33. The second-order valence-electron chi connectivity index (χ2n) is 3.99. The molecule has 6 heteroatoms. The fourth-order valence-electron chi connectivity index (χ4n) is 1.95. The summed E-state index contributed by atoms with van der Waals surface area (Å²) in [5.74, 6) is 0. The first-order chi connectivity index (χ1) is 9.29. The molecule has 0 radical (unpaired) electrons. The number of benzene rings is 2. The van der Waals surface area contributed by atoms with Gasteiger partial charge in [0.1, 0.15) is 5.69 Å². The number of nitrogens with zero attached hydrogens (tertiary/aromatic N) is 3. The van der Waals surface area contributed by atoms with E-state index in [0.29, 0.717) is 5.69 Å². The van der Waals surface area contributed by atoms with Gasteiger partial charge in [0.25, 0.3) is 0 Å². The van der Waals surface area contributed by atoms with E-state index in [-0.39, 0.29) is 6.61 Å². The first-order valence-electron chi connectivity index (χ1n) is 5.96. The number of anilines is 1. The highest BCUT2D eigenvalue weighted by Crippen LogP contribution is 2.36. The first kappa shape index (κ1) is 11.5. The summed E-state index contributed by atoms with van der Waals surface area (Å²) in [6.45, 7) is 2.03. The lowest BCUT2D eigenvalue weighted by atomic mass is 10.1. The molecule has 6 nitrogen and oxygen atoms in total. The Morgan fingerprint density at radius 3 is 3.00 bits per heavy atom. The van der Waals surface area contributed by atoms with Crippen LogP contribution in [-0.2, 0) is 4.74 Å². The minimum Gasteiger partial charge on any atom is -0.447 e. The van der Waals surface area contributed by atoms with E-state index in [0.717, 1.165) is 21.6 Å². The van der Waals surface area contributed by atoms with E-state index in [2.05, 4.69) is 15.8 Å². The number of fused-ring (bicyclic) bond motifs is 3. The Kier molecular flexibility index (Phi) is 2.75. The molecule has 1 aliphatic rings. The SMILES string of the molecule is CCOC(=O)N1N=Nc2ccc3ccccc3c2N1. The van der Waals surface area contributed by atoms with Crippen LogP contribution in [0.3, 0.4) is 0 Å². The molecule has 0 atom stereocenters. The molecular weight excluding hydrogens is 244 g/mol. The molecule has 1 N–H and O–H groups in total. The van der Waals surface area contributed by atoms with Crippen LogP contribution in [0, 0.1) is 0 Å². The highest BCUT2D eigenvalue weighted by Gasteiger charge is 2.21. The van der Waals surface area contributed by atoms with Gasteiger partial charge in [-0.1, -0.05) is 35.4 Å². The molecule has 0 aromatic heterocycles. The molecular formula is C13H12N4O2. The molecule has 3 rings (SSSR count). The summed E-state index contributed by atoms with van der Waals surface area (Å²) in [6, 6.07) is 11.7. The zero-order valence-electron chi connectivity index (χ0n) is 10.3. The molecule has 0 spiro atoms. The predicted molar refractivity (Wildman–Crippen MR) is 70.9 cm³/mol. The van der Waals surface area contributed by atoms with Crippen LogP contribution < -0.4 is 5.43 Å². The minimum absolute atomic E-state index is 0.287. The number of carbonyl (C=O) groups is 1. The average Bonchev–Trinajstić information content (AvgIpc) is 2.47. The second-order valence-corrected chi connectivity index (χ2v) is 3.99. The number of amides is 1. The van der Waals surface area contributed by atoms with Gasteiger partial charge in [-0.25, -0.2) is 4.79 Å². The maximum absolute atomic E-state index is 11.6. The third kappa shape index (κ3) is 1.97. The molecule has 2 aromatic rings. The summed E-state index contributed by atoms with van der Waals surface area (Å²) in [5.41, 5.74) is 4.37. The second kappa shape index (κ2) is 4.56. The van der Waals surface area contributed by atoms with Gasteiger partial charge in [0.15, 0.2) is 0 Å². The average molecular weight is 256 g/mol. The third-order valence-electron chi connectivity index (χ3n) is 2.81. The molecule has 96 valence electrons. The quantitative estimate of drug-likeness (QED) is 0.847. The summed E-state index contributed by atoms with van der Waals surface area (Å²) in [5, 5.41) is 10.8. The van der Waals surface area contributed by atoms with Crippen molar-refractivity contribution in [3.63, 3.8) is 0 Å². The Bertz CT molecular complexity index is 669. The van der Waals surface area contributed by atoms with Gasteiger partial charge < -0.3 is 4.74 Å². The van der Waals surface area contributed by atoms with Gasteiger partial charge in [-0.05, 0) is 23.6 Å². The van der Waals surface area contributed by atoms with Crippen molar-refractivity contribution >= 4 is 28.2 Å². The first-order valence-corrected chi connectivity index (χ1v) is 5.96. The van der Waals surface area contributed by atoms with Crippen molar-refractivity contribution < 1.29 is 9.53 Å². The Labute approximate surface area is 109 Å². The zero-order valence-corrected chi connectivity index (χ0v) is 10.3. The van der Waals surface area contributed by atoms with Gasteiger partial charge in [-0.2, -0.15) is 0 Å². The van der Waals surface area contributed by atoms with Gasteiger partial charge in [0, 0.05) is 5.39 Å². The van der Waals surface area contributed by atoms with E-state index in [4.69, 9.17) is 4.74 Å². The minimum atomic E-state index is -0.579. The standard InChI is InChI=1S/C13H12N4O2/c1-2-19-13(18)17-15-12-10-6-4-3-5-9(10)7-8-11(12)14-16-17/h3-8,15H,2H2,1H3. The van der Waals surface area contributed by atoms with Crippen LogP contribution in [0.1, 0.15) is 6.92 Å². The van der Waals surface area contributed by atoms with Crippen LogP contribution >= 0.6 is 0 Å². The zero-order chi connectivity index (χ0) is 13.2. The highest BCUT2D eigenvalue weighted by molar-refractivity contribution is 5.99. The Balaban J connectivity index is 2.03. The predicted octanol–water partition coefficient (Wildman–Crippen LogP) is 3.64. The van der Waals surface area contributed by atoms with Gasteiger partial charge in [-0.15, -0.1) is 5.11 Å². The number of nitrogens with one attached hydrogen (secondary N) is 1. The smallest absolute Gasteiger partial charge is 0.447 e. The van der Waals surface area contributed by atoms with E-state index in [1.165, 1.54) is 0 Å². The Morgan fingerprint density at radius 1 is 1.32 bits per heavy atom. The Hall–Kier alpha value is -2.63. The molecule has 1 aliphatic heterocycles. The fourth-order valence-corrected chi connectivity index (χ4v) is 1.95. The molecule has 1 amide bonds. The molecule has 0 saturated heterocycles. The number of rotatable bonds is 1. The number of hydrogen-bond donors (Lipinski definition) is 1. The molecule has 0 unspecified atom stereocenters. The van der Waals surface area contributed by atoms with Crippen molar-refractivity contribution in [3.05, 3.63) is 36.4 Å². The van der Waals surface area contributed by atoms with Crippen LogP contribution in [0.25, 0.3) is 10.8 Å². The summed E-state index contributed by atoms with van der Waals surface area (Å²) >= 11 is 0. The van der Waals surface area contributed by atoms with E-state index in [1.807, 2.05) is 36.4 Å². The molecule has 2 aromatic carbocycles. The Morgan fingerprint density at radius 2 is 2.16 bits per heavy atom. The van der Waals surface area contributed by atoms with Crippen LogP contribution in [0.15, 0.2) is 46.7 Å². The van der Waals surface area contributed by atoms with Crippen LogP contribution in [-0.4, -0.2) is 17.8 Å². The van der Waals surface area contributed by atoms with E-state index >= 15 is 0 Å². The van der Waals surface area contributed by atoms with Crippen molar-refractivity contribution in [1.82, 2.24) is 5.12 Å². The summed E-state index contributed by atoms with van der Waals surface area (Å²) in [6.07, 6.45) is -0.579. The van der Waals surface area contributed by atoms with Crippen LogP contribution in [0.2, 0.25) is 0 Å². The lowest BCUT2D eigenvalue weighted by molar-refractivity contribution is 0.113. The van der Waals surface area contributed by atoms with Crippen molar-refractivity contribution in [1.29, 1.82) is 0 Å². The topological polar surface area (TPSA) is 66.3 Å². The van der Waals surface area contributed by atoms with Crippen molar-refractivity contribution in [2.45, 2.75) is 6.92 Å². The van der Waals surface area contributed by atoms with Crippen molar-refractivity contribution in [2.75, 3.05) is 12.0 Å². The maximum atomic E-state index is 11.6. The molecule has 0 aliphatic carbocycles. The van der Waals surface area contributed by atoms with Crippen LogP contribution in [0.5, 0.6) is 0 Å². The summed E-state index contributed by atoms with van der Waals surface area (Å²) in [4.78, 5) is 11.6. The maximum Gasteiger partial charge on any atom is 0.451 e. The van der Waals surface area contributed by atoms with Gasteiger partial charge in [0.2, 0.25) is 0 Å². The molecule has 0 saturated carbocycles. The van der Waals surface area contributed by atoms with Crippen molar-refractivity contribution in [2.24, 2.45) is 10.3 Å². The summed E-state index contributed by atoms with van der Waals surface area (Å²) in [7, 11) is 0. The van der Waals surface area contributed by atoms with Crippen LogP contribution in [0.4, 0.5) is 16.2 Å². The largest absolute Gasteiger partial charge is 0.451 e. The van der Waals surface area contributed by atoms with Gasteiger partial charge in [0.05, 0.1) is 12.3 Å². The van der Waals surface area contributed by atoms with Gasteiger partial charge >= 0.3 is 6.09 Å². The number of carbonyl (C=O) groups excluding carboxylic acids is 1. The normalized spacial score (nSPS) is 13.0. The van der Waals surface area contributed by atoms with E-state index in [1.54, 1.807) is 6.92 Å². The van der Waals surface area contributed by atoms with Gasteiger partial charge in [-0.3, -0.25) is 5.43 Å². The number of hydrogen-bond acceptors (Lipinski definition) is 5. The third-order valence-corrected chi connectivity index (χ3v) is 2.81. The molecule has 19 heavy (non-hydrogen) atoms. The fraction of sp³-hybridized carbons (Fsp3) is 0.154. The molecule has 1 heterocycles. The lowest BCUT2D eigenvalue weighted by Gasteiger charge is -2.22. The summed E-state index contributed by atoms with van der Waals surface area (Å²) < 4.78 is 4.88. The number of hydrazine groups is 1. The van der Waals surface area contributed by atoms with Crippen molar-refractivity contribution in [3.8, 4) is 0 Å². The number of ether oxygens (including phenoxy) is 1.